The van der Waals surface area contributed by atoms with E-state index in [9.17, 15) is 5.11 Å². The fraction of sp³-hybridized carbons (Fsp3) is 0.167. The van der Waals surface area contributed by atoms with Gasteiger partial charge in [0.25, 0.3) is 0 Å². The van der Waals surface area contributed by atoms with E-state index in [4.69, 9.17) is 10.6 Å². The SMILES string of the molecule is COc1cc(-c2nc(C)cc(NN)n2)ccc1O. The largest absolute Gasteiger partial charge is 0.504 e. The van der Waals surface area contributed by atoms with Crippen LogP contribution in [0, 0.1) is 6.92 Å². The van der Waals surface area contributed by atoms with E-state index in [0.717, 1.165) is 11.3 Å². The molecule has 1 aromatic carbocycles. The van der Waals surface area contributed by atoms with Gasteiger partial charge in [0.05, 0.1) is 7.11 Å². The second kappa shape index (κ2) is 4.89. The zero-order valence-corrected chi connectivity index (χ0v) is 10.1. The molecule has 2 rings (SSSR count). The van der Waals surface area contributed by atoms with Crippen LogP contribution in [-0.2, 0) is 0 Å². The Kier molecular flexibility index (Phi) is 3.29. The maximum atomic E-state index is 9.54. The summed E-state index contributed by atoms with van der Waals surface area (Å²) in [5.74, 6) is 6.84. The van der Waals surface area contributed by atoms with Crippen LogP contribution in [-0.4, -0.2) is 22.2 Å². The van der Waals surface area contributed by atoms with Crippen molar-refractivity contribution in [1.29, 1.82) is 0 Å². The van der Waals surface area contributed by atoms with Crippen LogP contribution in [0.2, 0.25) is 0 Å². The molecular weight excluding hydrogens is 232 g/mol. The molecule has 94 valence electrons. The van der Waals surface area contributed by atoms with E-state index in [0.29, 0.717) is 17.4 Å². The molecule has 1 aromatic heterocycles. The van der Waals surface area contributed by atoms with Crippen LogP contribution < -0.4 is 16.0 Å². The number of anilines is 1. The monoisotopic (exact) mass is 246 g/mol. The van der Waals surface area contributed by atoms with E-state index in [1.54, 1.807) is 18.2 Å². The van der Waals surface area contributed by atoms with Crippen molar-refractivity contribution in [3.05, 3.63) is 30.0 Å². The molecule has 0 aliphatic heterocycles. The van der Waals surface area contributed by atoms with Gasteiger partial charge in [0, 0.05) is 17.3 Å². The van der Waals surface area contributed by atoms with Crippen LogP contribution in [0.3, 0.4) is 0 Å². The topological polar surface area (TPSA) is 93.3 Å². The first-order chi connectivity index (χ1) is 8.63. The number of ether oxygens (including phenoxy) is 1. The highest BCUT2D eigenvalue weighted by Crippen LogP contribution is 2.30. The summed E-state index contributed by atoms with van der Waals surface area (Å²) in [6.45, 7) is 1.85. The second-order valence-electron chi connectivity index (χ2n) is 3.75. The van der Waals surface area contributed by atoms with Crippen LogP contribution in [0.1, 0.15) is 5.69 Å². The molecule has 6 nitrogen and oxygen atoms in total. The molecule has 2 aromatic rings. The molecule has 0 amide bonds. The summed E-state index contributed by atoms with van der Waals surface area (Å²) in [6, 6.07) is 6.66. The molecule has 4 N–H and O–H groups in total. The fourth-order valence-electron chi connectivity index (χ4n) is 1.59. The minimum Gasteiger partial charge on any atom is -0.504 e. The number of rotatable bonds is 3. The average Bonchev–Trinajstić information content (AvgIpc) is 2.38. The summed E-state index contributed by atoms with van der Waals surface area (Å²) >= 11 is 0. The maximum absolute atomic E-state index is 9.54. The van der Waals surface area contributed by atoms with E-state index in [1.807, 2.05) is 6.92 Å². The van der Waals surface area contributed by atoms with Crippen LogP contribution in [0.25, 0.3) is 11.4 Å². The minimum atomic E-state index is 0.0751. The highest BCUT2D eigenvalue weighted by molar-refractivity contribution is 5.62. The molecule has 0 radical (unpaired) electrons. The Morgan fingerprint density at radius 1 is 1.28 bits per heavy atom. The first-order valence-corrected chi connectivity index (χ1v) is 5.33. The van der Waals surface area contributed by atoms with Crippen molar-refractivity contribution in [2.45, 2.75) is 6.92 Å². The number of hydrazine groups is 1. The lowest BCUT2D eigenvalue weighted by atomic mass is 10.2. The number of benzene rings is 1. The lowest BCUT2D eigenvalue weighted by Gasteiger charge is -2.08. The molecule has 0 fully saturated rings. The number of hydrogen-bond acceptors (Lipinski definition) is 6. The lowest BCUT2D eigenvalue weighted by molar-refractivity contribution is 0.373. The molecule has 0 spiro atoms. The number of aryl methyl sites for hydroxylation is 1. The van der Waals surface area contributed by atoms with Gasteiger partial charge in [-0.2, -0.15) is 0 Å². The Morgan fingerprint density at radius 2 is 2.06 bits per heavy atom. The summed E-state index contributed by atoms with van der Waals surface area (Å²) in [6.07, 6.45) is 0. The van der Waals surface area contributed by atoms with Crippen LogP contribution >= 0.6 is 0 Å². The number of methoxy groups -OCH3 is 1. The maximum Gasteiger partial charge on any atom is 0.161 e. The summed E-state index contributed by atoms with van der Waals surface area (Å²) in [5, 5.41) is 9.54. The molecule has 0 unspecified atom stereocenters. The predicted octanol–water partition coefficient (Wildman–Crippen LogP) is 1.45. The van der Waals surface area contributed by atoms with E-state index >= 15 is 0 Å². The van der Waals surface area contributed by atoms with Gasteiger partial charge in [-0.3, -0.25) is 0 Å². The van der Waals surface area contributed by atoms with Crippen LogP contribution in [0.4, 0.5) is 5.82 Å². The normalized spacial score (nSPS) is 10.2. The molecule has 0 bridgehead atoms. The fourth-order valence-corrected chi connectivity index (χ4v) is 1.59. The summed E-state index contributed by atoms with van der Waals surface area (Å²) in [7, 11) is 1.49. The number of phenols is 1. The van der Waals surface area contributed by atoms with Gasteiger partial charge in [-0.25, -0.2) is 15.8 Å². The number of hydrogen-bond donors (Lipinski definition) is 3. The molecule has 0 atom stereocenters. The first-order valence-electron chi connectivity index (χ1n) is 5.33. The number of nitrogens with two attached hydrogens (primary N) is 1. The molecule has 0 saturated carbocycles. The van der Waals surface area contributed by atoms with Gasteiger partial charge in [-0.1, -0.05) is 0 Å². The number of nitrogen functional groups attached to an aromatic ring is 1. The van der Waals surface area contributed by atoms with Crippen molar-refractivity contribution < 1.29 is 9.84 Å². The van der Waals surface area contributed by atoms with Gasteiger partial charge in [-0.15, -0.1) is 0 Å². The molecule has 0 aliphatic rings. The minimum absolute atomic E-state index is 0.0751. The Labute approximate surface area is 104 Å². The molecule has 0 aliphatic carbocycles. The van der Waals surface area contributed by atoms with E-state index in [2.05, 4.69) is 15.4 Å². The van der Waals surface area contributed by atoms with Crippen molar-refractivity contribution in [2.75, 3.05) is 12.5 Å². The van der Waals surface area contributed by atoms with Crippen LogP contribution in [0.15, 0.2) is 24.3 Å². The molecule has 0 saturated heterocycles. The Morgan fingerprint density at radius 3 is 2.72 bits per heavy atom. The number of nitrogens with zero attached hydrogens (tertiary/aromatic N) is 2. The Bertz CT molecular complexity index is 572. The van der Waals surface area contributed by atoms with Crippen molar-refractivity contribution in [1.82, 2.24) is 9.97 Å². The standard InChI is InChI=1S/C12H14N4O2/c1-7-5-11(16-13)15-12(14-7)8-3-4-9(17)10(6-8)18-2/h3-6,17H,13H2,1-2H3,(H,14,15,16). The van der Waals surface area contributed by atoms with Gasteiger partial charge in [-0.05, 0) is 25.1 Å². The third kappa shape index (κ3) is 2.33. The Balaban J connectivity index is 2.51. The second-order valence-corrected chi connectivity index (χ2v) is 3.75. The van der Waals surface area contributed by atoms with E-state index in [1.165, 1.54) is 13.2 Å². The number of nitrogens with one attached hydrogen (secondary N) is 1. The number of aromatic nitrogens is 2. The van der Waals surface area contributed by atoms with E-state index in [-0.39, 0.29) is 5.75 Å². The summed E-state index contributed by atoms with van der Waals surface area (Å²) in [4.78, 5) is 8.56. The third-order valence-electron chi connectivity index (χ3n) is 2.44. The highest BCUT2D eigenvalue weighted by Gasteiger charge is 2.08. The van der Waals surface area contributed by atoms with Gasteiger partial charge in [0.2, 0.25) is 0 Å². The molecule has 18 heavy (non-hydrogen) atoms. The molecule has 6 heteroatoms. The van der Waals surface area contributed by atoms with E-state index < -0.39 is 0 Å². The van der Waals surface area contributed by atoms with Crippen LogP contribution in [0.5, 0.6) is 11.5 Å². The zero-order chi connectivity index (χ0) is 13.1. The Hall–Kier alpha value is -2.34. The van der Waals surface area contributed by atoms with Crippen molar-refractivity contribution in [3.8, 4) is 22.9 Å². The molecule has 1 heterocycles. The predicted molar refractivity (Wildman–Crippen MR) is 68.2 cm³/mol. The third-order valence-corrected chi connectivity index (χ3v) is 2.44. The van der Waals surface area contributed by atoms with Crippen molar-refractivity contribution in [3.63, 3.8) is 0 Å². The van der Waals surface area contributed by atoms with Gasteiger partial charge < -0.3 is 15.3 Å². The average molecular weight is 246 g/mol. The summed E-state index contributed by atoms with van der Waals surface area (Å²) < 4.78 is 5.05. The quantitative estimate of drug-likeness (QED) is 0.560. The first kappa shape index (κ1) is 12.1. The highest BCUT2D eigenvalue weighted by atomic mass is 16.5. The smallest absolute Gasteiger partial charge is 0.161 e. The van der Waals surface area contributed by atoms with Gasteiger partial charge in [0.1, 0.15) is 5.82 Å². The summed E-state index contributed by atoms with van der Waals surface area (Å²) in [5.41, 5.74) is 4.02. The van der Waals surface area contributed by atoms with Crippen molar-refractivity contribution >= 4 is 5.82 Å². The zero-order valence-electron chi connectivity index (χ0n) is 10.1. The van der Waals surface area contributed by atoms with Gasteiger partial charge >= 0.3 is 0 Å². The number of aromatic hydroxyl groups is 1. The molecular formula is C12H14N4O2. The number of phenolic OH excluding ortho intramolecular Hbond substituents is 1. The lowest BCUT2D eigenvalue weighted by Crippen LogP contribution is -2.09. The van der Waals surface area contributed by atoms with Crippen molar-refractivity contribution in [2.24, 2.45) is 5.84 Å². The van der Waals surface area contributed by atoms with Gasteiger partial charge in [0.15, 0.2) is 17.3 Å².